The summed E-state index contributed by atoms with van der Waals surface area (Å²) in [7, 11) is 0. The number of carbonyl (C=O) groups excluding carboxylic acids is 1. The van der Waals surface area contributed by atoms with Crippen molar-refractivity contribution in [2.45, 2.75) is 32.1 Å². The summed E-state index contributed by atoms with van der Waals surface area (Å²) in [5, 5.41) is 10.2. The smallest absolute Gasteiger partial charge is 0.256 e. The summed E-state index contributed by atoms with van der Waals surface area (Å²) in [5.41, 5.74) is 1.04. The van der Waals surface area contributed by atoms with Gasteiger partial charge in [0.1, 0.15) is 17.4 Å². The summed E-state index contributed by atoms with van der Waals surface area (Å²) >= 11 is 0. The number of hydrogen-bond donors (Lipinski definition) is 1. The minimum Gasteiger partial charge on any atom is -0.508 e. The largest absolute Gasteiger partial charge is 0.508 e. The summed E-state index contributed by atoms with van der Waals surface area (Å²) in [6, 6.07) is 13.3. The van der Waals surface area contributed by atoms with Gasteiger partial charge in [0, 0.05) is 44.8 Å². The Bertz CT molecular complexity index is 1040. The van der Waals surface area contributed by atoms with Crippen molar-refractivity contribution >= 4 is 11.7 Å². The molecule has 0 saturated carbocycles. The zero-order valence-electron chi connectivity index (χ0n) is 18.6. The zero-order valence-corrected chi connectivity index (χ0v) is 18.6. The number of pyridine rings is 1. The van der Waals surface area contributed by atoms with E-state index in [1.165, 1.54) is 0 Å². The molecular weight excluding hydrogens is 402 g/mol. The average molecular weight is 432 g/mol. The summed E-state index contributed by atoms with van der Waals surface area (Å²) in [4.78, 5) is 30.5. The molecule has 1 aliphatic rings. The third kappa shape index (κ3) is 4.15. The molecule has 4 rings (SSSR count). The van der Waals surface area contributed by atoms with Gasteiger partial charge in [-0.15, -0.1) is 0 Å². The molecule has 0 aliphatic carbocycles. The van der Waals surface area contributed by atoms with Crippen LogP contribution in [0.25, 0.3) is 0 Å². The van der Waals surface area contributed by atoms with E-state index in [0.717, 1.165) is 37.3 Å². The number of amides is 1. The van der Waals surface area contributed by atoms with Gasteiger partial charge in [-0.3, -0.25) is 4.79 Å². The molecule has 32 heavy (non-hydrogen) atoms. The lowest BCUT2D eigenvalue weighted by Gasteiger charge is -2.41. The van der Waals surface area contributed by atoms with Crippen LogP contribution in [0.4, 0.5) is 5.82 Å². The Balaban J connectivity index is 1.66. The van der Waals surface area contributed by atoms with Crippen molar-refractivity contribution in [3.8, 4) is 5.75 Å². The summed E-state index contributed by atoms with van der Waals surface area (Å²) in [5.74, 6) is 1.80. The molecule has 7 nitrogen and oxygen atoms in total. The highest BCUT2D eigenvalue weighted by molar-refractivity contribution is 5.93. The van der Waals surface area contributed by atoms with Gasteiger partial charge in [0.05, 0.1) is 11.0 Å². The number of hydrogen-bond acceptors (Lipinski definition) is 6. The molecule has 0 spiro atoms. The van der Waals surface area contributed by atoms with Gasteiger partial charge in [-0.1, -0.05) is 18.2 Å². The Morgan fingerprint density at radius 1 is 1.03 bits per heavy atom. The minimum atomic E-state index is -0.444. The number of anilines is 1. The summed E-state index contributed by atoms with van der Waals surface area (Å²) in [6.07, 6.45) is 6.63. The molecule has 3 heterocycles. The van der Waals surface area contributed by atoms with Gasteiger partial charge >= 0.3 is 0 Å². The van der Waals surface area contributed by atoms with E-state index in [9.17, 15) is 9.90 Å². The van der Waals surface area contributed by atoms with Gasteiger partial charge in [0.2, 0.25) is 0 Å². The molecule has 1 fully saturated rings. The minimum absolute atomic E-state index is 0.0575. The van der Waals surface area contributed by atoms with Crippen LogP contribution in [0.2, 0.25) is 0 Å². The second kappa shape index (κ2) is 9.34. The molecule has 1 N–H and O–H groups in total. The molecule has 0 radical (unpaired) electrons. The highest BCUT2D eigenvalue weighted by atomic mass is 16.3. The Labute approximate surface area is 188 Å². The van der Waals surface area contributed by atoms with Crippen molar-refractivity contribution in [2.75, 3.05) is 31.1 Å². The molecule has 0 atom stereocenters. The molecule has 1 aliphatic heterocycles. The zero-order chi connectivity index (χ0) is 22.6. The van der Waals surface area contributed by atoms with Crippen LogP contribution in [0.15, 0.2) is 61.1 Å². The Morgan fingerprint density at radius 3 is 2.34 bits per heavy atom. The molecule has 166 valence electrons. The molecule has 0 unspecified atom stereocenters. The van der Waals surface area contributed by atoms with E-state index in [1.54, 1.807) is 35.6 Å². The predicted molar refractivity (Wildman–Crippen MR) is 124 cm³/mol. The van der Waals surface area contributed by atoms with E-state index in [-0.39, 0.29) is 11.7 Å². The third-order valence-corrected chi connectivity index (χ3v) is 6.37. The van der Waals surface area contributed by atoms with Crippen molar-refractivity contribution in [3.05, 3.63) is 78.0 Å². The van der Waals surface area contributed by atoms with E-state index >= 15 is 0 Å². The summed E-state index contributed by atoms with van der Waals surface area (Å²) < 4.78 is 0. The van der Waals surface area contributed by atoms with Crippen LogP contribution >= 0.6 is 0 Å². The van der Waals surface area contributed by atoms with Crippen LogP contribution in [0, 0.1) is 0 Å². The maximum absolute atomic E-state index is 12.7. The van der Waals surface area contributed by atoms with E-state index < -0.39 is 5.41 Å². The maximum Gasteiger partial charge on any atom is 0.256 e. The number of benzene rings is 1. The second-order valence-corrected chi connectivity index (χ2v) is 8.08. The third-order valence-electron chi connectivity index (χ3n) is 6.37. The van der Waals surface area contributed by atoms with E-state index in [0.29, 0.717) is 24.5 Å². The van der Waals surface area contributed by atoms with Gasteiger partial charge in [-0.05, 0) is 56.5 Å². The monoisotopic (exact) mass is 431 g/mol. The van der Waals surface area contributed by atoms with Crippen LogP contribution in [0.5, 0.6) is 5.75 Å². The maximum atomic E-state index is 12.7. The fourth-order valence-electron chi connectivity index (χ4n) is 4.48. The first-order valence-electron chi connectivity index (χ1n) is 11.1. The number of phenolic OH excluding ortho intramolecular Hbond substituents is 1. The topological polar surface area (TPSA) is 82.5 Å². The van der Waals surface area contributed by atoms with Crippen molar-refractivity contribution in [1.29, 1.82) is 0 Å². The lowest BCUT2D eigenvalue weighted by molar-refractivity contribution is 0.0772. The number of piperidine rings is 1. The van der Waals surface area contributed by atoms with Gasteiger partial charge in [0.15, 0.2) is 0 Å². The molecule has 1 amide bonds. The number of rotatable bonds is 6. The van der Waals surface area contributed by atoms with Crippen LogP contribution in [0.1, 0.15) is 48.4 Å². The SMILES string of the molecule is CCN(CC)C(=O)c1cnc(C2(c3cccc(O)c3)CCN(c3ccccn3)CC2)nc1. The molecule has 3 aromatic rings. The average Bonchev–Trinajstić information content (AvgIpc) is 2.85. The first-order chi connectivity index (χ1) is 15.6. The van der Waals surface area contributed by atoms with Crippen molar-refractivity contribution in [3.63, 3.8) is 0 Å². The first kappa shape index (κ1) is 21.7. The van der Waals surface area contributed by atoms with Gasteiger partial charge < -0.3 is 14.9 Å². The van der Waals surface area contributed by atoms with Gasteiger partial charge in [-0.25, -0.2) is 15.0 Å². The van der Waals surface area contributed by atoms with Crippen LogP contribution in [-0.2, 0) is 5.41 Å². The fourth-order valence-corrected chi connectivity index (χ4v) is 4.48. The van der Waals surface area contributed by atoms with E-state index in [4.69, 9.17) is 0 Å². The molecule has 7 heteroatoms. The van der Waals surface area contributed by atoms with Crippen LogP contribution < -0.4 is 4.90 Å². The highest BCUT2D eigenvalue weighted by Gasteiger charge is 2.41. The second-order valence-electron chi connectivity index (χ2n) is 8.08. The Kier molecular flexibility index (Phi) is 6.35. The highest BCUT2D eigenvalue weighted by Crippen LogP contribution is 2.41. The molecule has 1 aromatic carbocycles. The number of carbonyl (C=O) groups is 1. The normalized spacial score (nSPS) is 15.4. The van der Waals surface area contributed by atoms with Crippen molar-refractivity contribution in [2.24, 2.45) is 0 Å². The van der Waals surface area contributed by atoms with Gasteiger partial charge in [-0.2, -0.15) is 0 Å². The lowest BCUT2D eigenvalue weighted by Crippen LogP contribution is -2.44. The fraction of sp³-hybridized carbons (Fsp3) is 0.360. The summed E-state index contributed by atoms with van der Waals surface area (Å²) in [6.45, 7) is 6.79. The first-order valence-corrected chi connectivity index (χ1v) is 11.1. The van der Waals surface area contributed by atoms with E-state index in [2.05, 4.69) is 19.9 Å². The number of aromatic nitrogens is 3. The standard InChI is InChI=1S/C25H29N5O2/c1-3-29(4-2)23(32)19-17-27-24(28-18-19)25(20-8-7-9-21(31)16-20)11-14-30(15-12-25)22-10-5-6-13-26-22/h5-10,13,16-18,31H,3-4,11-12,14-15H2,1-2H3. The molecule has 0 bridgehead atoms. The molecule has 2 aromatic heterocycles. The van der Waals surface area contributed by atoms with Crippen LogP contribution in [0.3, 0.4) is 0 Å². The molecule has 1 saturated heterocycles. The number of phenols is 1. The van der Waals surface area contributed by atoms with Gasteiger partial charge in [0.25, 0.3) is 5.91 Å². The Hall–Kier alpha value is -3.48. The Morgan fingerprint density at radius 2 is 1.75 bits per heavy atom. The predicted octanol–water partition coefficient (Wildman–Crippen LogP) is 3.65. The number of aromatic hydroxyl groups is 1. The van der Waals surface area contributed by atoms with Crippen molar-refractivity contribution < 1.29 is 9.90 Å². The quantitative estimate of drug-likeness (QED) is 0.642. The lowest BCUT2D eigenvalue weighted by atomic mass is 9.72. The number of nitrogens with zero attached hydrogens (tertiary/aromatic N) is 5. The van der Waals surface area contributed by atoms with E-state index in [1.807, 2.05) is 44.2 Å². The van der Waals surface area contributed by atoms with Crippen LogP contribution in [-0.4, -0.2) is 57.0 Å². The molecular formula is C25H29N5O2. The van der Waals surface area contributed by atoms with Crippen molar-refractivity contribution in [1.82, 2.24) is 19.9 Å².